The number of amides is 1. The van der Waals surface area contributed by atoms with Gasteiger partial charge in [-0.05, 0) is 33.7 Å². The fourth-order valence-electron chi connectivity index (χ4n) is 3.74. The van der Waals surface area contributed by atoms with Gasteiger partial charge < -0.3 is 19.9 Å². The number of hydrogen-bond donors (Lipinski definition) is 2. The van der Waals surface area contributed by atoms with Crippen LogP contribution in [0.25, 0.3) is 0 Å². The molecule has 0 unspecified atom stereocenters. The fraction of sp³-hybridized carbons (Fsp3) is 0.647. The van der Waals surface area contributed by atoms with Crippen molar-refractivity contribution in [1.82, 2.24) is 15.2 Å². The van der Waals surface area contributed by atoms with E-state index in [1.165, 1.54) is 0 Å². The molecular weight excluding hydrogens is 294 g/mol. The van der Waals surface area contributed by atoms with E-state index >= 15 is 0 Å². The lowest BCUT2D eigenvalue weighted by molar-refractivity contribution is 0.0513. The highest BCUT2D eigenvalue weighted by molar-refractivity contribution is 6.10. The molecule has 1 aromatic rings. The molecule has 0 spiro atoms. The van der Waals surface area contributed by atoms with E-state index in [2.05, 4.69) is 15.2 Å². The number of aromatic nitrogens is 1. The number of ether oxygens (including phenoxy) is 1. The third-order valence-corrected chi connectivity index (χ3v) is 4.75. The van der Waals surface area contributed by atoms with Crippen LogP contribution in [0.1, 0.15) is 51.9 Å². The van der Waals surface area contributed by atoms with Crippen molar-refractivity contribution in [2.24, 2.45) is 0 Å². The van der Waals surface area contributed by atoms with Crippen molar-refractivity contribution >= 4 is 11.7 Å². The van der Waals surface area contributed by atoms with E-state index in [0.29, 0.717) is 24.2 Å². The van der Waals surface area contributed by atoms with Gasteiger partial charge in [0.1, 0.15) is 0 Å². The molecule has 2 atom stereocenters. The van der Waals surface area contributed by atoms with E-state index in [1.807, 2.05) is 20.9 Å². The summed E-state index contributed by atoms with van der Waals surface area (Å²) in [4.78, 5) is 30.4. The number of aromatic amines is 1. The van der Waals surface area contributed by atoms with E-state index in [1.54, 1.807) is 0 Å². The van der Waals surface area contributed by atoms with Crippen molar-refractivity contribution < 1.29 is 14.3 Å². The normalized spacial score (nSPS) is 24.7. The third kappa shape index (κ3) is 3.05. The lowest BCUT2D eigenvalue weighted by Crippen LogP contribution is -2.44. The quantitative estimate of drug-likeness (QED) is 0.877. The summed E-state index contributed by atoms with van der Waals surface area (Å²) in [5.74, 6) is -0.0918. The summed E-state index contributed by atoms with van der Waals surface area (Å²) in [5.41, 5.74) is 2.82. The van der Waals surface area contributed by atoms with Gasteiger partial charge in [0.15, 0.2) is 5.78 Å². The van der Waals surface area contributed by atoms with Crippen molar-refractivity contribution in [3.05, 3.63) is 22.5 Å². The molecule has 23 heavy (non-hydrogen) atoms. The molecule has 6 nitrogen and oxygen atoms in total. The number of aryl methyl sites for hydroxylation is 2. The second-order valence-electron chi connectivity index (χ2n) is 6.55. The predicted octanol–water partition coefficient (Wildman–Crippen LogP) is 1.29. The Bertz CT molecular complexity index is 623. The summed E-state index contributed by atoms with van der Waals surface area (Å²) in [7, 11) is 2.02. The van der Waals surface area contributed by atoms with Crippen LogP contribution in [-0.4, -0.2) is 60.5 Å². The lowest BCUT2D eigenvalue weighted by Gasteiger charge is -2.20. The van der Waals surface area contributed by atoms with Gasteiger partial charge in [-0.15, -0.1) is 0 Å². The molecule has 1 aliphatic carbocycles. The number of ketones is 1. The van der Waals surface area contributed by atoms with E-state index in [9.17, 15) is 9.59 Å². The van der Waals surface area contributed by atoms with Crippen LogP contribution in [0.4, 0.5) is 0 Å². The van der Waals surface area contributed by atoms with Crippen LogP contribution in [0.5, 0.6) is 0 Å². The number of Topliss-reactive ketones (excluding diaryl/α,β-unsaturated/α-hetero) is 1. The molecule has 0 aromatic carbocycles. The average Bonchev–Trinajstić information content (AvgIpc) is 3.00. The number of H-pyrrole nitrogens is 1. The van der Waals surface area contributed by atoms with Crippen LogP contribution in [0, 0.1) is 6.92 Å². The SMILES string of the molecule is CCO[C@@H]1CN(C)C[C@H]1NC(=O)c1c(C)[nH]c2c1C(=O)CCC2. The lowest BCUT2D eigenvalue weighted by atomic mass is 9.93. The maximum atomic E-state index is 12.8. The monoisotopic (exact) mass is 319 g/mol. The second-order valence-corrected chi connectivity index (χ2v) is 6.55. The first-order valence-corrected chi connectivity index (χ1v) is 8.37. The summed E-state index contributed by atoms with van der Waals surface area (Å²) in [5, 5.41) is 3.08. The average molecular weight is 319 g/mol. The molecular formula is C17H25N3O3. The number of rotatable bonds is 4. The Balaban J connectivity index is 1.81. The largest absolute Gasteiger partial charge is 0.375 e. The molecule has 0 radical (unpaired) electrons. The molecule has 1 aromatic heterocycles. The number of hydrogen-bond acceptors (Lipinski definition) is 4. The van der Waals surface area contributed by atoms with Gasteiger partial charge in [-0.25, -0.2) is 0 Å². The van der Waals surface area contributed by atoms with E-state index in [-0.39, 0.29) is 23.8 Å². The van der Waals surface area contributed by atoms with E-state index in [4.69, 9.17) is 4.74 Å². The van der Waals surface area contributed by atoms with Crippen LogP contribution in [-0.2, 0) is 11.2 Å². The van der Waals surface area contributed by atoms with Crippen molar-refractivity contribution in [3.8, 4) is 0 Å². The minimum atomic E-state index is -0.166. The highest BCUT2D eigenvalue weighted by atomic mass is 16.5. The summed E-state index contributed by atoms with van der Waals surface area (Å²) in [6.45, 7) is 6.02. The Labute approximate surface area is 136 Å². The van der Waals surface area contributed by atoms with Gasteiger partial charge in [0, 0.05) is 37.5 Å². The zero-order chi connectivity index (χ0) is 16.6. The Morgan fingerprint density at radius 2 is 2.17 bits per heavy atom. The zero-order valence-electron chi connectivity index (χ0n) is 14.1. The minimum absolute atomic E-state index is 0.000254. The first kappa shape index (κ1) is 16.2. The molecule has 0 bridgehead atoms. The first-order valence-electron chi connectivity index (χ1n) is 8.37. The number of carbonyl (C=O) groups excluding carboxylic acids is 2. The zero-order valence-corrected chi connectivity index (χ0v) is 14.1. The summed E-state index contributed by atoms with van der Waals surface area (Å²) >= 11 is 0. The molecule has 1 amide bonds. The molecule has 0 saturated carbocycles. The number of nitrogens with zero attached hydrogens (tertiary/aromatic N) is 1. The molecule has 2 N–H and O–H groups in total. The fourth-order valence-corrected chi connectivity index (χ4v) is 3.74. The van der Waals surface area contributed by atoms with Crippen LogP contribution < -0.4 is 5.32 Å². The maximum absolute atomic E-state index is 12.8. The molecule has 3 rings (SSSR count). The third-order valence-electron chi connectivity index (χ3n) is 4.75. The number of likely N-dealkylation sites (tertiary alicyclic amines) is 1. The molecule has 1 aliphatic heterocycles. The van der Waals surface area contributed by atoms with Gasteiger partial charge in [-0.1, -0.05) is 0 Å². The predicted molar refractivity (Wildman–Crippen MR) is 87.0 cm³/mol. The Kier molecular flexibility index (Phi) is 4.55. The van der Waals surface area contributed by atoms with Crippen molar-refractivity contribution in [2.75, 3.05) is 26.7 Å². The molecule has 1 saturated heterocycles. The van der Waals surface area contributed by atoms with Crippen molar-refractivity contribution in [3.63, 3.8) is 0 Å². The number of fused-ring (bicyclic) bond motifs is 1. The highest BCUT2D eigenvalue weighted by Crippen LogP contribution is 2.27. The van der Waals surface area contributed by atoms with Crippen LogP contribution in [0.15, 0.2) is 0 Å². The summed E-state index contributed by atoms with van der Waals surface area (Å²) in [6.07, 6.45) is 2.22. The van der Waals surface area contributed by atoms with Crippen molar-refractivity contribution in [1.29, 1.82) is 0 Å². The smallest absolute Gasteiger partial charge is 0.254 e. The molecule has 1 fully saturated rings. The van der Waals surface area contributed by atoms with E-state index < -0.39 is 0 Å². The minimum Gasteiger partial charge on any atom is -0.375 e. The number of nitrogens with one attached hydrogen (secondary N) is 2. The maximum Gasteiger partial charge on any atom is 0.254 e. The van der Waals surface area contributed by atoms with E-state index in [0.717, 1.165) is 37.3 Å². The highest BCUT2D eigenvalue weighted by Gasteiger charge is 2.35. The standard InChI is InChI=1S/C17H25N3O3/c1-4-23-14-9-20(3)8-12(14)19-17(22)15-10(2)18-11-6-5-7-13(21)16(11)15/h12,14,18H,4-9H2,1-3H3,(H,19,22)/t12-,14-/m1/s1. The van der Waals surface area contributed by atoms with Crippen LogP contribution in [0.2, 0.25) is 0 Å². The second kappa shape index (κ2) is 6.45. The van der Waals surface area contributed by atoms with Crippen molar-refractivity contribution in [2.45, 2.75) is 45.3 Å². The number of likely N-dealkylation sites (N-methyl/N-ethyl adjacent to an activating group) is 1. The Morgan fingerprint density at radius 1 is 1.39 bits per heavy atom. The van der Waals surface area contributed by atoms with Crippen LogP contribution >= 0.6 is 0 Å². The summed E-state index contributed by atoms with van der Waals surface area (Å²) < 4.78 is 5.74. The van der Waals surface area contributed by atoms with Gasteiger partial charge in [0.2, 0.25) is 0 Å². The van der Waals surface area contributed by atoms with Crippen LogP contribution in [0.3, 0.4) is 0 Å². The molecule has 6 heteroatoms. The summed E-state index contributed by atoms with van der Waals surface area (Å²) in [6, 6.07) is -0.0453. The molecule has 126 valence electrons. The Hall–Kier alpha value is -1.66. The van der Waals surface area contributed by atoms with Gasteiger partial charge >= 0.3 is 0 Å². The van der Waals surface area contributed by atoms with Gasteiger partial charge in [0.25, 0.3) is 5.91 Å². The van der Waals surface area contributed by atoms with Gasteiger partial charge in [0.05, 0.1) is 23.3 Å². The van der Waals surface area contributed by atoms with Gasteiger partial charge in [-0.3, -0.25) is 9.59 Å². The number of carbonyl (C=O) groups is 2. The van der Waals surface area contributed by atoms with Gasteiger partial charge in [-0.2, -0.15) is 0 Å². The molecule has 2 aliphatic rings. The topological polar surface area (TPSA) is 74.4 Å². The Morgan fingerprint density at radius 3 is 2.91 bits per heavy atom. The first-order chi connectivity index (χ1) is 11.0. The molecule has 2 heterocycles.